The van der Waals surface area contributed by atoms with E-state index in [2.05, 4.69) is 15.3 Å². The van der Waals surface area contributed by atoms with Gasteiger partial charge in [-0.15, -0.1) is 0 Å². The van der Waals surface area contributed by atoms with Crippen LogP contribution in [-0.2, 0) is 11.2 Å². The Labute approximate surface area is 109 Å². The predicted molar refractivity (Wildman–Crippen MR) is 67.8 cm³/mol. The molecular weight excluding hydrogens is 246 g/mol. The van der Waals surface area contributed by atoms with E-state index in [1.54, 1.807) is 18.2 Å². The van der Waals surface area contributed by atoms with Gasteiger partial charge in [-0.3, -0.25) is 4.79 Å². The molecular formula is C13H11N3O3. The van der Waals surface area contributed by atoms with Gasteiger partial charge in [-0.2, -0.15) is 0 Å². The maximum absolute atomic E-state index is 11.8. The van der Waals surface area contributed by atoms with Crippen molar-refractivity contribution in [3.05, 3.63) is 54.1 Å². The Bertz CT molecular complexity index is 599. The number of amides is 1. The quantitative estimate of drug-likeness (QED) is 0.862. The second kappa shape index (κ2) is 5.72. The average Bonchev–Trinajstić information content (AvgIpc) is 2.40. The van der Waals surface area contributed by atoms with Gasteiger partial charge in [-0.1, -0.05) is 18.2 Å². The van der Waals surface area contributed by atoms with E-state index < -0.39 is 5.97 Å². The third kappa shape index (κ3) is 3.35. The van der Waals surface area contributed by atoms with Gasteiger partial charge >= 0.3 is 5.97 Å². The molecule has 0 saturated carbocycles. The highest BCUT2D eigenvalue weighted by molar-refractivity contribution is 5.95. The van der Waals surface area contributed by atoms with Crippen LogP contribution in [0.2, 0.25) is 0 Å². The summed E-state index contributed by atoms with van der Waals surface area (Å²) in [6.45, 7) is 0. The van der Waals surface area contributed by atoms with Crippen LogP contribution in [0.3, 0.4) is 0 Å². The normalized spacial score (nSPS) is 9.89. The van der Waals surface area contributed by atoms with E-state index >= 15 is 0 Å². The molecule has 0 fully saturated rings. The lowest BCUT2D eigenvalue weighted by Gasteiger charge is -2.06. The number of carbonyl (C=O) groups is 2. The van der Waals surface area contributed by atoms with Crippen molar-refractivity contribution in [2.45, 2.75) is 6.42 Å². The Kier molecular flexibility index (Phi) is 3.82. The smallest absolute Gasteiger partial charge is 0.335 e. The van der Waals surface area contributed by atoms with Crippen LogP contribution < -0.4 is 5.32 Å². The lowest BCUT2D eigenvalue weighted by atomic mass is 10.0. The number of nitrogens with zero attached hydrogens (tertiary/aromatic N) is 2. The van der Waals surface area contributed by atoms with Crippen LogP contribution in [0.15, 0.2) is 43.0 Å². The maximum atomic E-state index is 11.8. The van der Waals surface area contributed by atoms with Gasteiger partial charge in [0.15, 0.2) is 0 Å². The topological polar surface area (TPSA) is 92.2 Å². The van der Waals surface area contributed by atoms with Crippen LogP contribution in [0.4, 0.5) is 5.69 Å². The fourth-order valence-electron chi connectivity index (χ4n) is 1.62. The van der Waals surface area contributed by atoms with Gasteiger partial charge in [-0.05, 0) is 11.6 Å². The third-order valence-corrected chi connectivity index (χ3v) is 2.44. The number of rotatable bonds is 4. The number of benzene rings is 1. The second-order valence-corrected chi connectivity index (χ2v) is 3.81. The second-order valence-electron chi connectivity index (χ2n) is 3.81. The molecule has 0 unspecified atom stereocenters. The van der Waals surface area contributed by atoms with Crippen molar-refractivity contribution in [2.75, 3.05) is 5.32 Å². The zero-order valence-corrected chi connectivity index (χ0v) is 9.91. The monoisotopic (exact) mass is 257 g/mol. The molecule has 0 radical (unpaired) electrons. The molecule has 0 aliphatic rings. The predicted octanol–water partition coefficient (Wildman–Crippen LogP) is 1.36. The van der Waals surface area contributed by atoms with Crippen molar-refractivity contribution < 1.29 is 14.7 Å². The summed E-state index contributed by atoms with van der Waals surface area (Å²) in [4.78, 5) is 30.3. The summed E-state index contributed by atoms with van der Waals surface area (Å²) in [6, 6.07) is 6.40. The molecule has 1 aromatic carbocycles. The molecule has 1 aromatic heterocycles. The van der Waals surface area contributed by atoms with Gasteiger partial charge in [0.25, 0.3) is 0 Å². The standard InChI is InChI=1S/C13H11N3O3/c17-12(16-10-6-14-8-15-7-10)5-9-3-1-2-4-11(9)13(18)19/h1-4,6-8H,5H2,(H,16,17)(H,18,19). The SMILES string of the molecule is O=C(Cc1ccccc1C(=O)O)Nc1cncnc1. The minimum absolute atomic E-state index is 0.0165. The van der Waals surface area contributed by atoms with E-state index in [1.807, 2.05) is 0 Å². The van der Waals surface area contributed by atoms with Gasteiger partial charge in [0, 0.05) is 0 Å². The van der Waals surface area contributed by atoms with Gasteiger partial charge in [0.2, 0.25) is 5.91 Å². The highest BCUT2D eigenvalue weighted by atomic mass is 16.4. The summed E-state index contributed by atoms with van der Waals surface area (Å²) >= 11 is 0. The van der Waals surface area contributed by atoms with Crippen LogP contribution in [0, 0.1) is 0 Å². The Morgan fingerprint density at radius 1 is 1.16 bits per heavy atom. The molecule has 96 valence electrons. The van der Waals surface area contributed by atoms with E-state index in [0.717, 1.165) is 0 Å². The first-order valence-electron chi connectivity index (χ1n) is 5.53. The van der Waals surface area contributed by atoms with Gasteiger partial charge < -0.3 is 10.4 Å². The summed E-state index contributed by atoms with van der Waals surface area (Å²) in [5.74, 6) is -1.37. The molecule has 1 amide bonds. The third-order valence-electron chi connectivity index (χ3n) is 2.44. The molecule has 2 aromatic rings. The molecule has 19 heavy (non-hydrogen) atoms. The number of anilines is 1. The summed E-state index contributed by atoms with van der Waals surface area (Å²) in [5.41, 5.74) is 1.06. The first-order valence-corrected chi connectivity index (χ1v) is 5.53. The van der Waals surface area contributed by atoms with E-state index in [1.165, 1.54) is 24.8 Å². The van der Waals surface area contributed by atoms with Crippen LogP contribution in [0.1, 0.15) is 15.9 Å². The van der Waals surface area contributed by atoms with E-state index in [9.17, 15) is 9.59 Å². The Hall–Kier alpha value is -2.76. The number of hydrogen-bond acceptors (Lipinski definition) is 4. The highest BCUT2D eigenvalue weighted by Gasteiger charge is 2.12. The molecule has 2 N–H and O–H groups in total. The van der Waals surface area contributed by atoms with Crippen molar-refractivity contribution in [1.29, 1.82) is 0 Å². The summed E-state index contributed by atoms with van der Waals surface area (Å²) < 4.78 is 0. The zero-order chi connectivity index (χ0) is 13.7. The molecule has 6 heteroatoms. The number of carbonyl (C=O) groups excluding carboxylic acids is 1. The van der Waals surface area contributed by atoms with Gasteiger partial charge in [0.05, 0.1) is 30.1 Å². The van der Waals surface area contributed by atoms with E-state index in [0.29, 0.717) is 11.3 Å². The first kappa shape index (κ1) is 12.7. The van der Waals surface area contributed by atoms with Crippen LogP contribution in [-0.4, -0.2) is 27.0 Å². The Morgan fingerprint density at radius 3 is 2.53 bits per heavy atom. The largest absolute Gasteiger partial charge is 0.478 e. The fraction of sp³-hybridized carbons (Fsp3) is 0.0769. The minimum Gasteiger partial charge on any atom is -0.478 e. The number of aromatic carboxylic acids is 1. The number of carboxylic acid groups (broad SMARTS) is 1. The minimum atomic E-state index is -1.05. The summed E-state index contributed by atoms with van der Waals surface area (Å²) in [7, 11) is 0. The molecule has 1 heterocycles. The lowest BCUT2D eigenvalue weighted by Crippen LogP contribution is -2.16. The summed E-state index contributed by atoms with van der Waals surface area (Å²) in [5, 5.41) is 11.6. The first-order chi connectivity index (χ1) is 9.16. The number of aromatic nitrogens is 2. The van der Waals surface area contributed by atoms with Crippen molar-refractivity contribution >= 4 is 17.6 Å². The van der Waals surface area contributed by atoms with Crippen molar-refractivity contribution in [3.8, 4) is 0 Å². The molecule has 6 nitrogen and oxygen atoms in total. The van der Waals surface area contributed by atoms with Crippen molar-refractivity contribution in [2.24, 2.45) is 0 Å². The fourth-order valence-corrected chi connectivity index (χ4v) is 1.62. The molecule has 0 saturated heterocycles. The molecule has 0 bridgehead atoms. The average molecular weight is 257 g/mol. The highest BCUT2D eigenvalue weighted by Crippen LogP contribution is 2.11. The van der Waals surface area contributed by atoms with Crippen molar-refractivity contribution in [1.82, 2.24) is 9.97 Å². The lowest BCUT2D eigenvalue weighted by molar-refractivity contribution is -0.115. The van der Waals surface area contributed by atoms with Crippen molar-refractivity contribution in [3.63, 3.8) is 0 Å². The van der Waals surface area contributed by atoms with Crippen LogP contribution in [0.5, 0.6) is 0 Å². The van der Waals surface area contributed by atoms with E-state index in [-0.39, 0.29) is 17.9 Å². The number of hydrogen-bond donors (Lipinski definition) is 2. The van der Waals surface area contributed by atoms with Gasteiger partial charge in [-0.25, -0.2) is 14.8 Å². The molecule has 2 rings (SSSR count). The van der Waals surface area contributed by atoms with Gasteiger partial charge in [0.1, 0.15) is 6.33 Å². The maximum Gasteiger partial charge on any atom is 0.335 e. The molecule has 0 aliphatic carbocycles. The number of nitrogens with one attached hydrogen (secondary N) is 1. The van der Waals surface area contributed by atoms with E-state index in [4.69, 9.17) is 5.11 Å². The summed E-state index contributed by atoms with van der Waals surface area (Å²) in [6.07, 6.45) is 4.27. The molecule has 0 aliphatic heterocycles. The Balaban J connectivity index is 2.09. The Morgan fingerprint density at radius 2 is 1.84 bits per heavy atom. The molecule has 0 spiro atoms. The zero-order valence-electron chi connectivity index (χ0n) is 9.91. The van der Waals surface area contributed by atoms with Crippen LogP contribution >= 0.6 is 0 Å². The van der Waals surface area contributed by atoms with Crippen LogP contribution in [0.25, 0.3) is 0 Å². The molecule has 0 atom stereocenters. The number of carboxylic acids is 1.